The lowest BCUT2D eigenvalue weighted by molar-refractivity contribution is -0.119. The second-order valence-electron chi connectivity index (χ2n) is 6.96. The van der Waals surface area contributed by atoms with Gasteiger partial charge in [0.15, 0.2) is 5.96 Å². The summed E-state index contributed by atoms with van der Waals surface area (Å²) in [5.74, 6) is 0.237. The van der Waals surface area contributed by atoms with Crippen molar-refractivity contribution in [3.63, 3.8) is 0 Å². The monoisotopic (exact) mass is 537 g/mol. The molecule has 0 aliphatic carbocycles. The van der Waals surface area contributed by atoms with E-state index >= 15 is 0 Å². The highest BCUT2D eigenvalue weighted by atomic mass is 127. The number of fused-ring (bicyclic) bond motifs is 1. The van der Waals surface area contributed by atoms with Gasteiger partial charge in [-0.3, -0.25) is 4.79 Å². The van der Waals surface area contributed by atoms with E-state index in [1.807, 2.05) is 43.5 Å². The minimum absolute atomic E-state index is 0. The summed E-state index contributed by atoms with van der Waals surface area (Å²) in [5, 5.41) is 10.3. The molecule has 0 aliphatic rings. The Hall–Kier alpha value is -2.62. The number of aromatic amines is 1. The molecule has 0 fully saturated rings. The number of amides is 1. The molecule has 4 N–H and O–H groups in total. The first-order valence-corrected chi connectivity index (χ1v) is 10.2. The van der Waals surface area contributed by atoms with E-state index in [1.165, 1.54) is 17.7 Å². The van der Waals surface area contributed by atoms with Gasteiger partial charge in [0, 0.05) is 36.7 Å². The molecule has 166 valence electrons. The van der Waals surface area contributed by atoms with Crippen LogP contribution in [0, 0.1) is 5.82 Å². The first kappa shape index (κ1) is 24.6. The fraction of sp³-hybridized carbons (Fsp3) is 0.304. The van der Waals surface area contributed by atoms with Crippen LogP contribution in [-0.4, -0.2) is 43.0 Å². The molecule has 1 aromatic heterocycles. The van der Waals surface area contributed by atoms with Gasteiger partial charge in [-0.1, -0.05) is 30.3 Å². The second-order valence-corrected chi connectivity index (χ2v) is 6.96. The molecular weight excluding hydrogens is 508 g/mol. The van der Waals surface area contributed by atoms with Crippen molar-refractivity contribution in [1.29, 1.82) is 0 Å². The number of carbonyl (C=O) groups excluding carboxylic acids is 1. The highest BCUT2D eigenvalue weighted by molar-refractivity contribution is 14.0. The lowest BCUT2D eigenvalue weighted by Crippen LogP contribution is -2.39. The maximum atomic E-state index is 13.3. The standard InChI is InChI=1S/C23H28FN5O.HI/c1-2-25-23(29-16-22(30)26-12-10-17-6-4-3-5-7-17)27-13-11-18-15-28-21-14-19(24)8-9-20(18)21;/h3-9,14-15,28H,2,10-13,16H2,1H3,(H,26,30)(H2,25,27,29);1H. The van der Waals surface area contributed by atoms with Crippen LogP contribution < -0.4 is 16.0 Å². The molecule has 3 aromatic rings. The lowest BCUT2D eigenvalue weighted by Gasteiger charge is -2.11. The number of aromatic nitrogens is 1. The number of hydrogen-bond acceptors (Lipinski definition) is 2. The SMILES string of the molecule is CCNC(=NCC(=O)NCCc1ccccc1)NCCc1c[nH]c2cc(F)ccc12.I. The maximum Gasteiger partial charge on any atom is 0.241 e. The van der Waals surface area contributed by atoms with Crippen molar-refractivity contribution >= 4 is 46.7 Å². The Balaban J connectivity index is 0.00000341. The van der Waals surface area contributed by atoms with E-state index in [1.54, 1.807) is 6.07 Å². The number of rotatable bonds is 9. The number of benzene rings is 2. The Morgan fingerprint density at radius 2 is 1.81 bits per heavy atom. The number of nitrogens with zero attached hydrogens (tertiary/aromatic N) is 1. The molecule has 0 spiro atoms. The number of carbonyl (C=O) groups is 1. The number of halogens is 2. The number of nitrogens with one attached hydrogen (secondary N) is 4. The first-order valence-electron chi connectivity index (χ1n) is 10.2. The second kappa shape index (κ2) is 12.9. The Kier molecular flexibility index (Phi) is 10.3. The summed E-state index contributed by atoms with van der Waals surface area (Å²) in [6.07, 6.45) is 3.44. The normalized spacial score (nSPS) is 11.1. The van der Waals surface area contributed by atoms with Crippen LogP contribution in [0.25, 0.3) is 10.9 Å². The topological polar surface area (TPSA) is 81.3 Å². The number of hydrogen-bond donors (Lipinski definition) is 4. The predicted octanol–water partition coefficient (Wildman–Crippen LogP) is 3.38. The Morgan fingerprint density at radius 1 is 1.03 bits per heavy atom. The quantitative estimate of drug-likeness (QED) is 0.192. The van der Waals surface area contributed by atoms with Crippen molar-refractivity contribution in [3.05, 3.63) is 71.7 Å². The van der Waals surface area contributed by atoms with E-state index in [-0.39, 0.29) is 42.2 Å². The van der Waals surface area contributed by atoms with Crippen molar-refractivity contribution in [2.45, 2.75) is 19.8 Å². The van der Waals surface area contributed by atoms with Crippen LogP contribution in [-0.2, 0) is 17.6 Å². The van der Waals surface area contributed by atoms with Crippen LogP contribution in [0.15, 0.2) is 59.7 Å². The summed E-state index contributed by atoms with van der Waals surface area (Å²) in [5.41, 5.74) is 3.08. The van der Waals surface area contributed by atoms with E-state index < -0.39 is 0 Å². The molecule has 8 heteroatoms. The Labute approximate surface area is 199 Å². The van der Waals surface area contributed by atoms with Crippen LogP contribution in [0.1, 0.15) is 18.1 Å². The van der Waals surface area contributed by atoms with Gasteiger partial charge < -0.3 is 20.9 Å². The zero-order valence-corrected chi connectivity index (χ0v) is 19.9. The van der Waals surface area contributed by atoms with Crippen LogP contribution in [0.4, 0.5) is 4.39 Å². The van der Waals surface area contributed by atoms with Gasteiger partial charge in [-0.25, -0.2) is 9.38 Å². The predicted molar refractivity (Wildman–Crippen MR) is 135 cm³/mol. The highest BCUT2D eigenvalue weighted by Crippen LogP contribution is 2.19. The van der Waals surface area contributed by atoms with Gasteiger partial charge in [0.05, 0.1) is 0 Å². The van der Waals surface area contributed by atoms with E-state index in [4.69, 9.17) is 0 Å². The fourth-order valence-corrected chi connectivity index (χ4v) is 3.22. The third kappa shape index (κ3) is 7.86. The summed E-state index contributed by atoms with van der Waals surface area (Å²) in [6.45, 7) is 3.98. The molecule has 0 atom stereocenters. The molecule has 0 saturated carbocycles. The van der Waals surface area contributed by atoms with Crippen LogP contribution in [0.5, 0.6) is 0 Å². The average molecular weight is 537 g/mol. The zero-order valence-electron chi connectivity index (χ0n) is 17.6. The smallest absolute Gasteiger partial charge is 0.241 e. The van der Waals surface area contributed by atoms with Gasteiger partial charge in [0.25, 0.3) is 0 Å². The van der Waals surface area contributed by atoms with Gasteiger partial charge in [0.1, 0.15) is 12.4 Å². The first-order chi connectivity index (χ1) is 14.7. The van der Waals surface area contributed by atoms with E-state index in [2.05, 4.69) is 25.9 Å². The van der Waals surface area contributed by atoms with Gasteiger partial charge in [-0.05, 0) is 49.1 Å². The van der Waals surface area contributed by atoms with Gasteiger partial charge in [-0.2, -0.15) is 0 Å². The van der Waals surface area contributed by atoms with Crippen molar-refractivity contribution in [2.24, 2.45) is 4.99 Å². The van der Waals surface area contributed by atoms with Crippen molar-refractivity contribution in [3.8, 4) is 0 Å². The molecule has 0 bridgehead atoms. The third-order valence-corrected chi connectivity index (χ3v) is 4.72. The summed E-state index contributed by atoms with van der Waals surface area (Å²) >= 11 is 0. The highest BCUT2D eigenvalue weighted by Gasteiger charge is 2.06. The molecule has 1 amide bonds. The van der Waals surface area contributed by atoms with E-state index in [9.17, 15) is 9.18 Å². The summed E-state index contributed by atoms with van der Waals surface area (Å²) in [4.78, 5) is 19.5. The summed E-state index contributed by atoms with van der Waals surface area (Å²) in [7, 11) is 0. The van der Waals surface area contributed by atoms with Crippen molar-refractivity contribution in [2.75, 3.05) is 26.2 Å². The lowest BCUT2D eigenvalue weighted by atomic mass is 10.1. The zero-order chi connectivity index (χ0) is 21.2. The summed E-state index contributed by atoms with van der Waals surface area (Å²) in [6, 6.07) is 14.8. The molecule has 6 nitrogen and oxygen atoms in total. The van der Waals surface area contributed by atoms with Gasteiger partial charge >= 0.3 is 0 Å². The van der Waals surface area contributed by atoms with Gasteiger partial charge in [0.2, 0.25) is 5.91 Å². The van der Waals surface area contributed by atoms with E-state index in [0.717, 1.165) is 29.3 Å². The molecule has 0 unspecified atom stereocenters. The molecule has 0 aliphatic heterocycles. The number of aliphatic imine (C=N–C) groups is 1. The van der Waals surface area contributed by atoms with Crippen LogP contribution >= 0.6 is 24.0 Å². The largest absolute Gasteiger partial charge is 0.361 e. The van der Waals surface area contributed by atoms with E-state index in [0.29, 0.717) is 25.6 Å². The Morgan fingerprint density at radius 3 is 2.58 bits per heavy atom. The fourth-order valence-electron chi connectivity index (χ4n) is 3.22. The molecule has 0 saturated heterocycles. The minimum atomic E-state index is -0.252. The van der Waals surface area contributed by atoms with Crippen molar-refractivity contribution in [1.82, 2.24) is 20.9 Å². The summed E-state index contributed by atoms with van der Waals surface area (Å²) < 4.78 is 13.3. The molecular formula is C23H29FIN5O. The minimum Gasteiger partial charge on any atom is -0.361 e. The molecule has 3 rings (SSSR count). The molecule has 2 aromatic carbocycles. The number of H-pyrrole nitrogens is 1. The molecule has 0 radical (unpaired) electrons. The number of guanidine groups is 1. The van der Waals surface area contributed by atoms with Crippen LogP contribution in [0.3, 0.4) is 0 Å². The van der Waals surface area contributed by atoms with Gasteiger partial charge in [-0.15, -0.1) is 24.0 Å². The average Bonchev–Trinajstić information content (AvgIpc) is 3.14. The Bertz CT molecular complexity index is 990. The van der Waals surface area contributed by atoms with Crippen molar-refractivity contribution < 1.29 is 9.18 Å². The van der Waals surface area contributed by atoms with Crippen LogP contribution in [0.2, 0.25) is 0 Å². The third-order valence-electron chi connectivity index (χ3n) is 4.72. The maximum absolute atomic E-state index is 13.3. The molecule has 1 heterocycles. The molecule has 31 heavy (non-hydrogen) atoms.